The Morgan fingerprint density at radius 1 is 1.12 bits per heavy atom. The van der Waals surface area contributed by atoms with Gasteiger partial charge in [-0.3, -0.25) is 19.3 Å². The number of nitrogens with zero attached hydrogens (tertiary/aromatic N) is 1. The van der Waals surface area contributed by atoms with E-state index in [0.717, 1.165) is 0 Å². The molecule has 40 heavy (non-hydrogen) atoms. The summed E-state index contributed by atoms with van der Waals surface area (Å²) in [5.74, 6) is -0.171. The largest absolute Gasteiger partial charge is 0.508 e. The van der Waals surface area contributed by atoms with Gasteiger partial charge in [-0.15, -0.1) is 0 Å². The zero-order valence-electron chi connectivity index (χ0n) is 22.1. The van der Waals surface area contributed by atoms with Crippen molar-refractivity contribution in [1.82, 2.24) is 4.90 Å². The third-order valence-corrected chi connectivity index (χ3v) is 8.02. The maximum atomic E-state index is 13.9. The van der Waals surface area contributed by atoms with E-state index >= 15 is 0 Å². The third kappa shape index (κ3) is 3.86. The molecule has 10 nitrogen and oxygen atoms in total. The zero-order valence-corrected chi connectivity index (χ0v) is 22.1. The Labute approximate surface area is 230 Å². The molecule has 3 aliphatic carbocycles. The second-order valence-corrected chi connectivity index (χ2v) is 10.4. The zero-order chi connectivity index (χ0) is 29.1. The van der Waals surface area contributed by atoms with E-state index in [4.69, 9.17) is 10.5 Å². The van der Waals surface area contributed by atoms with Crippen molar-refractivity contribution in [1.29, 1.82) is 0 Å². The van der Waals surface area contributed by atoms with Gasteiger partial charge >= 0.3 is 0 Å². The van der Waals surface area contributed by atoms with Gasteiger partial charge in [-0.05, 0) is 68.8 Å². The van der Waals surface area contributed by atoms with E-state index in [2.05, 4.69) is 11.8 Å². The van der Waals surface area contributed by atoms with Gasteiger partial charge in [-0.25, -0.2) is 0 Å². The number of hydrogen-bond donors (Lipinski definition) is 5. The van der Waals surface area contributed by atoms with Crippen LogP contribution in [0.25, 0.3) is 5.76 Å². The highest BCUT2D eigenvalue weighted by molar-refractivity contribution is 6.24. The Bertz CT molecular complexity index is 1610. The molecule has 6 N–H and O–H groups in total. The quantitative estimate of drug-likeness (QED) is 0.283. The van der Waals surface area contributed by atoms with Crippen LogP contribution in [-0.4, -0.2) is 75.6 Å². The fraction of sp³-hybridized carbons (Fsp3) is 0.300. The molecule has 0 bridgehead atoms. The summed E-state index contributed by atoms with van der Waals surface area (Å²) in [5, 5.41) is 44.6. The van der Waals surface area contributed by atoms with Gasteiger partial charge in [0.15, 0.2) is 11.4 Å². The molecule has 5 rings (SSSR count). The third-order valence-electron chi connectivity index (χ3n) is 8.02. The van der Waals surface area contributed by atoms with E-state index in [1.54, 1.807) is 51.5 Å². The second-order valence-electron chi connectivity index (χ2n) is 10.4. The molecule has 206 valence electrons. The molecule has 1 amide bonds. The minimum absolute atomic E-state index is 0.00414. The number of hydrogen-bond acceptors (Lipinski definition) is 9. The van der Waals surface area contributed by atoms with Gasteiger partial charge in [0.25, 0.3) is 5.91 Å². The van der Waals surface area contributed by atoms with Crippen LogP contribution in [0.2, 0.25) is 0 Å². The normalized spacial score (nSPS) is 25.6. The number of ketones is 2. The maximum Gasteiger partial charge on any atom is 0.255 e. The van der Waals surface area contributed by atoms with Crippen LogP contribution in [0.4, 0.5) is 0 Å². The van der Waals surface area contributed by atoms with Crippen LogP contribution in [0.3, 0.4) is 0 Å². The summed E-state index contributed by atoms with van der Waals surface area (Å²) >= 11 is 0. The predicted octanol–water partition coefficient (Wildman–Crippen LogP) is 1.37. The Morgan fingerprint density at radius 2 is 1.85 bits per heavy atom. The monoisotopic (exact) mass is 544 g/mol. The number of phenolic OH excluding ortho intramolecular Hbond substituents is 1. The molecule has 0 heterocycles. The van der Waals surface area contributed by atoms with E-state index in [0.29, 0.717) is 22.4 Å². The number of aliphatic hydroxyl groups excluding tert-OH is 2. The summed E-state index contributed by atoms with van der Waals surface area (Å²) in [6.07, 6.45) is 0.162. The SMILES string of the molecule is COc1cccc(C#Cc2ccc(O)c3c2C[C@@H]2C[C@@H]4[C@@H](N(C)C)C(=O)C(C(N)=O)=C(O)[C@@]4(O)C(=O)C2=C3O)c1. The average Bonchev–Trinajstić information content (AvgIpc) is 2.90. The van der Waals surface area contributed by atoms with Gasteiger partial charge in [0.2, 0.25) is 5.78 Å². The molecule has 2 aromatic carbocycles. The van der Waals surface area contributed by atoms with Crippen LogP contribution >= 0.6 is 0 Å². The molecule has 3 aliphatic rings. The van der Waals surface area contributed by atoms with E-state index < -0.39 is 58.0 Å². The number of aliphatic hydroxyl groups is 3. The molecule has 0 aromatic heterocycles. The van der Waals surface area contributed by atoms with Crippen LogP contribution in [0, 0.1) is 23.7 Å². The Kier molecular flexibility index (Phi) is 6.45. The number of ether oxygens (including phenoxy) is 1. The fourth-order valence-electron chi connectivity index (χ4n) is 6.20. The standard InChI is InChI=1S/C30H28N2O8/c1-32(2)24-19-13-16-12-18-15(8-7-14-5-4-6-17(11-14)40-3)9-10-20(33)22(18)25(34)21(16)27(36)30(19,39)28(37)23(26(24)35)29(31)38/h4-6,9-11,16,19,24,33-34,37,39H,12-13H2,1-3H3,(H2,31,38)/t16-,19-,24-,30+/m1/s1. The lowest BCUT2D eigenvalue weighted by atomic mass is 9.57. The van der Waals surface area contributed by atoms with E-state index in [1.807, 2.05) is 0 Å². The van der Waals surface area contributed by atoms with Crippen molar-refractivity contribution in [2.24, 2.45) is 17.6 Å². The first kappa shape index (κ1) is 27.0. The summed E-state index contributed by atoms with van der Waals surface area (Å²) in [7, 11) is 4.66. The Hall–Kier alpha value is -4.59. The molecule has 1 saturated carbocycles. The summed E-state index contributed by atoms with van der Waals surface area (Å²) in [6.45, 7) is 0. The molecule has 0 radical (unpaired) electrons. The van der Waals surface area contributed by atoms with Gasteiger partial charge in [-0.1, -0.05) is 17.9 Å². The fourth-order valence-corrected chi connectivity index (χ4v) is 6.20. The maximum absolute atomic E-state index is 13.9. The van der Waals surface area contributed by atoms with Gasteiger partial charge < -0.3 is 30.9 Å². The lowest BCUT2D eigenvalue weighted by Gasteiger charge is -2.50. The molecular weight excluding hydrogens is 516 g/mol. The number of nitrogens with two attached hydrogens (primary N) is 1. The summed E-state index contributed by atoms with van der Waals surface area (Å²) in [5.41, 5.74) is 3.30. The minimum atomic E-state index is -2.68. The van der Waals surface area contributed by atoms with Gasteiger partial charge in [-0.2, -0.15) is 0 Å². The van der Waals surface area contributed by atoms with Crippen molar-refractivity contribution in [3.8, 4) is 23.3 Å². The van der Waals surface area contributed by atoms with Crippen LogP contribution in [0.1, 0.15) is 28.7 Å². The summed E-state index contributed by atoms with van der Waals surface area (Å²) in [6, 6.07) is 8.97. The molecule has 0 spiro atoms. The van der Waals surface area contributed by atoms with Gasteiger partial charge in [0.1, 0.15) is 28.6 Å². The molecule has 10 heteroatoms. The highest BCUT2D eigenvalue weighted by Gasteiger charge is 2.64. The molecule has 1 fully saturated rings. The van der Waals surface area contributed by atoms with Crippen molar-refractivity contribution >= 4 is 23.2 Å². The summed E-state index contributed by atoms with van der Waals surface area (Å²) < 4.78 is 5.24. The van der Waals surface area contributed by atoms with Crippen molar-refractivity contribution in [2.75, 3.05) is 21.2 Å². The number of likely N-dealkylation sites (N-methyl/N-ethyl adjacent to an activating group) is 1. The highest BCUT2D eigenvalue weighted by atomic mass is 16.5. The highest BCUT2D eigenvalue weighted by Crippen LogP contribution is 2.52. The number of Topliss-reactive ketones (excluding diaryl/α,β-unsaturated/α-hetero) is 2. The van der Waals surface area contributed by atoms with Crippen molar-refractivity contribution in [2.45, 2.75) is 24.5 Å². The number of fused-ring (bicyclic) bond motifs is 3. The van der Waals surface area contributed by atoms with Crippen molar-refractivity contribution < 1.29 is 39.5 Å². The van der Waals surface area contributed by atoms with Crippen LogP contribution in [0.5, 0.6) is 11.5 Å². The van der Waals surface area contributed by atoms with Crippen LogP contribution in [-0.2, 0) is 20.8 Å². The number of primary amides is 1. The molecule has 0 unspecified atom stereocenters. The van der Waals surface area contributed by atoms with Crippen molar-refractivity contribution in [3.05, 3.63) is 75.6 Å². The number of benzene rings is 2. The van der Waals surface area contributed by atoms with Gasteiger partial charge in [0, 0.05) is 22.6 Å². The Balaban J connectivity index is 1.67. The molecule has 2 aromatic rings. The molecule has 0 saturated heterocycles. The molecular formula is C30H28N2O8. The average molecular weight is 545 g/mol. The number of aromatic hydroxyl groups is 1. The molecule has 0 aliphatic heterocycles. The number of rotatable bonds is 3. The van der Waals surface area contributed by atoms with Crippen LogP contribution in [0.15, 0.2) is 53.3 Å². The lowest BCUT2D eigenvalue weighted by molar-refractivity contribution is -0.153. The summed E-state index contributed by atoms with van der Waals surface area (Å²) in [4.78, 5) is 40.6. The van der Waals surface area contributed by atoms with E-state index in [-0.39, 0.29) is 29.7 Å². The smallest absolute Gasteiger partial charge is 0.255 e. The first-order valence-corrected chi connectivity index (χ1v) is 12.6. The Morgan fingerprint density at radius 3 is 2.50 bits per heavy atom. The number of methoxy groups -OCH3 is 1. The van der Waals surface area contributed by atoms with Gasteiger partial charge in [0.05, 0.1) is 18.7 Å². The predicted molar refractivity (Wildman–Crippen MR) is 143 cm³/mol. The molecule has 4 atom stereocenters. The van der Waals surface area contributed by atoms with E-state index in [1.165, 1.54) is 11.0 Å². The minimum Gasteiger partial charge on any atom is -0.508 e. The number of amides is 1. The van der Waals surface area contributed by atoms with Crippen LogP contribution < -0.4 is 10.5 Å². The first-order chi connectivity index (χ1) is 18.9. The van der Waals surface area contributed by atoms with Crippen molar-refractivity contribution in [3.63, 3.8) is 0 Å². The van der Waals surface area contributed by atoms with E-state index in [9.17, 15) is 34.8 Å². The first-order valence-electron chi connectivity index (χ1n) is 12.6. The second kappa shape index (κ2) is 9.55. The lowest BCUT2D eigenvalue weighted by Crippen LogP contribution is -2.65. The number of phenols is 1. The number of carbonyl (C=O) groups excluding carboxylic acids is 3. The topological polar surface area (TPSA) is 171 Å². The number of carbonyl (C=O) groups is 3.